The highest BCUT2D eigenvalue weighted by atomic mass is 32.2. The summed E-state index contributed by atoms with van der Waals surface area (Å²) in [6.45, 7) is 2.24. The largest absolute Gasteiger partial charge is 0.393 e. The molecule has 1 aliphatic rings. The average molecular weight is 207 g/mol. The van der Waals surface area contributed by atoms with Crippen molar-refractivity contribution in [1.29, 1.82) is 0 Å². The summed E-state index contributed by atoms with van der Waals surface area (Å²) < 4.78 is 21.7. The topological polar surface area (TPSA) is 57.6 Å². The number of piperidine rings is 1. The maximum Gasteiger partial charge on any atom is 0.148 e. The molecule has 0 aromatic heterocycles. The van der Waals surface area contributed by atoms with Crippen LogP contribution in [0, 0.1) is 0 Å². The maximum atomic E-state index is 10.9. The SMILES string of the molecule is CS(=O)(=O)CCN1CCC(O)CC1. The zero-order valence-electron chi connectivity index (χ0n) is 7.94. The summed E-state index contributed by atoms with van der Waals surface area (Å²) in [5, 5.41) is 9.21. The average Bonchev–Trinajstić information content (AvgIpc) is 2.02. The van der Waals surface area contributed by atoms with Crippen molar-refractivity contribution in [2.75, 3.05) is 31.6 Å². The van der Waals surface area contributed by atoms with Crippen LogP contribution in [-0.2, 0) is 9.84 Å². The molecule has 1 aliphatic heterocycles. The number of hydrogen-bond donors (Lipinski definition) is 1. The molecule has 0 atom stereocenters. The molecule has 0 aromatic rings. The fourth-order valence-electron chi connectivity index (χ4n) is 1.44. The second-order valence-corrected chi connectivity index (χ2v) is 5.96. The molecule has 78 valence electrons. The van der Waals surface area contributed by atoms with Crippen molar-refractivity contribution in [2.45, 2.75) is 18.9 Å². The van der Waals surface area contributed by atoms with E-state index in [9.17, 15) is 13.5 Å². The molecule has 0 amide bonds. The first kappa shape index (κ1) is 10.9. The molecule has 0 bridgehead atoms. The molecule has 5 heteroatoms. The first-order chi connectivity index (χ1) is 5.97. The fraction of sp³-hybridized carbons (Fsp3) is 1.00. The monoisotopic (exact) mass is 207 g/mol. The minimum absolute atomic E-state index is 0.186. The van der Waals surface area contributed by atoms with Crippen LogP contribution in [0.2, 0.25) is 0 Å². The summed E-state index contributed by atoms with van der Waals surface area (Å²) in [7, 11) is -2.84. The van der Waals surface area contributed by atoms with Crippen LogP contribution in [0.5, 0.6) is 0 Å². The number of rotatable bonds is 3. The van der Waals surface area contributed by atoms with E-state index < -0.39 is 9.84 Å². The molecule has 0 spiro atoms. The smallest absolute Gasteiger partial charge is 0.148 e. The van der Waals surface area contributed by atoms with Gasteiger partial charge in [0.05, 0.1) is 11.9 Å². The maximum absolute atomic E-state index is 10.9. The number of sulfone groups is 1. The molecule has 0 unspecified atom stereocenters. The first-order valence-corrected chi connectivity index (χ1v) is 6.61. The third kappa shape index (κ3) is 4.59. The summed E-state index contributed by atoms with van der Waals surface area (Å²) in [4.78, 5) is 2.09. The van der Waals surface area contributed by atoms with Gasteiger partial charge in [-0.05, 0) is 12.8 Å². The quantitative estimate of drug-likeness (QED) is 0.677. The van der Waals surface area contributed by atoms with Crippen molar-refractivity contribution < 1.29 is 13.5 Å². The highest BCUT2D eigenvalue weighted by molar-refractivity contribution is 7.90. The molecule has 13 heavy (non-hydrogen) atoms. The molecule has 1 fully saturated rings. The molecule has 1 heterocycles. The van der Waals surface area contributed by atoms with E-state index in [0.717, 1.165) is 25.9 Å². The van der Waals surface area contributed by atoms with Crippen molar-refractivity contribution in [3.63, 3.8) is 0 Å². The van der Waals surface area contributed by atoms with E-state index in [2.05, 4.69) is 4.90 Å². The Morgan fingerprint density at radius 3 is 2.38 bits per heavy atom. The van der Waals surface area contributed by atoms with Crippen LogP contribution in [0.1, 0.15) is 12.8 Å². The Morgan fingerprint density at radius 2 is 1.92 bits per heavy atom. The molecule has 0 saturated carbocycles. The molecule has 1 N–H and O–H groups in total. The lowest BCUT2D eigenvalue weighted by atomic mass is 10.1. The number of aliphatic hydroxyl groups excluding tert-OH is 1. The number of likely N-dealkylation sites (tertiary alicyclic amines) is 1. The van der Waals surface area contributed by atoms with E-state index in [1.54, 1.807) is 0 Å². The van der Waals surface area contributed by atoms with Gasteiger partial charge in [0.25, 0.3) is 0 Å². The van der Waals surface area contributed by atoms with Crippen LogP contribution < -0.4 is 0 Å². The molecule has 4 nitrogen and oxygen atoms in total. The predicted molar refractivity (Wildman–Crippen MR) is 51.4 cm³/mol. The number of nitrogens with zero attached hydrogens (tertiary/aromatic N) is 1. The summed E-state index contributed by atoms with van der Waals surface area (Å²) in [5.41, 5.74) is 0. The molecule has 1 rings (SSSR count). The van der Waals surface area contributed by atoms with Gasteiger partial charge >= 0.3 is 0 Å². The Labute approximate surface area is 79.5 Å². The first-order valence-electron chi connectivity index (χ1n) is 4.55. The second kappa shape index (κ2) is 4.39. The van der Waals surface area contributed by atoms with Crippen molar-refractivity contribution in [3.8, 4) is 0 Å². The number of aliphatic hydroxyl groups is 1. The molecular formula is C8H17NO3S. The van der Waals surface area contributed by atoms with Gasteiger partial charge in [-0.1, -0.05) is 0 Å². The van der Waals surface area contributed by atoms with Gasteiger partial charge < -0.3 is 10.0 Å². The van der Waals surface area contributed by atoms with E-state index in [1.807, 2.05) is 0 Å². The van der Waals surface area contributed by atoms with Crippen LogP contribution in [0.3, 0.4) is 0 Å². The highest BCUT2D eigenvalue weighted by Crippen LogP contribution is 2.09. The van der Waals surface area contributed by atoms with Crippen molar-refractivity contribution in [2.24, 2.45) is 0 Å². The molecular weight excluding hydrogens is 190 g/mol. The summed E-state index contributed by atoms with van der Waals surface area (Å²) in [5.74, 6) is 0.225. The second-order valence-electron chi connectivity index (χ2n) is 3.70. The Bertz CT molecular complexity index is 242. The predicted octanol–water partition coefficient (Wildman–Crippen LogP) is -0.512. The lowest BCUT2D eigenvalue weighted by Gasteiger charge is -2.28. The Hall–Kier alpha value is -0.130. The van der Waals surface area contributed by atoms with E-state index in [4.69, 9.17) is 0 Å². The summed E-state index contributed by atoms with van der Waals surface area (Å²) >= 11 is 0. The van der Waals surface area contributed by atoms with E-state index in [0.29, 0.717) is 6.54 Å². The Kier molecular flexibility index (Phi) is 3.70. The lowest BCUT2D eigenvalue weighted by molar-refractivity contribution is 0.0856. The minimum atomic E-state index is -2.84. The van der Waals surface area contributed by atoms with E-state index >= 15 is 0 Å². The Balaban J connectivity index is 2.24. The van der Waals surface area contributed by atoms with Crippen LogP contribution in [0.15, 0.2) is 0 Å². The highest BCUT2D eigenvalue weighted by Gasteiger charge is 2.17. The van der Waals surface area contributed by atoms with Crippen LogP contribution >= 0.6 is 0 Å². The van der Waals surface area contributed by atoms with Crippen molar-refractivity contribution in [1.82, 2.24) is 4.90 Å². The molecule has 0 radical (unpaired) electrons. The minimum Gasteiger partial charge on any atom is -0.393 e. The van der Waals surface area contributed by atoms with Crippen LogP contribution in [0.25, 0.3) is 0 Å². The zero-order valence-corrected chi connectivity index (χ0v) is 8.76. The lowest BCUT2D eigenvalue weighted by Crippen LogP contribution is -2.38. The zero-order chi connectivity index (χ0) is 9.90. The van der Waals surface area contributed by atoms with Gasteiger partial charge in [-0.15, -0.1) is 0 Å². The van der Waals surface area contributed by atoms with Gasteiger partial charge in [0.2, 0.25) is 0 Å². The molecule has 0 aliphatic carbocycles. The van der Waals surface area contributed by atoms with Gasteiger partial charge in [-0.3, -0.25) is 0 Å². The molecule has 0 aromatic carbocycles. The van der Waals surface area contributed by atoms with Crippen molar-refractivity contribution >= 4 is 9.84 Å². The van der Waals surface area contributed by atoms with E-state index in [-0.39, 0.29) is 11.9 Å². The van der Waals surface area contributed by atoms with E-state index in [1.165, 1.54) is 6.26 Å². The normalized spacial score (nSPS) is 22.0. The summed E-state index contributed by atoms with van der Waals surface area (Å²) in [6.07, 6.45) is 2.61. The standard InChI is InChI=1S/C8H17NO3S/c1-13(11,12)7-6-9-4-2-8(10)3-5-9/h8,10H,2-7H2,1H3. The fourth-order valence-corrected chi connectivity index (χ4v) is 2.03. The summed E-state index contributed by atoms with van der Waals surface area (Å²) in [6, 6.07) is 0. The van der Waals surface area contributed by atoms with Gasteiger partial charge in [-0.2, -0.15) is 0 Å². The van der Waals surface area contributed by atoms with Crippen molar-refractivity contribution in [3.05, 3.63) is 0 Å². The van der Waals surface area contributed by atoms with Crippen LogP contribution in [-0.4, -0.2) is 56.2 Å². The van der Waals surface area contributed by atoms with Gasteiger partial charge in [-0.25, -0.2) is 8.42 Å². The van der Waals surface area contributed by atoms with Gasteiger partial charge in [0.15, 0.2) is 0 Å². The molecule has 1 saturated heterocycles. The third-order valence-electron chi connectivity index (χ3n) is 2.34. The Morgan fingerprint density at radius 1 is 1.38 bits per heavy atom. The van der Waals surface area contributed by atoms with Gasteiger partial charge in [0, 0.05) is 25.9 Å². The third-order valence-corrected chi connectivity index (χ3v) is 3.26. The van der Waals surface area contributed by atoms with Crippen LogP contribution in [0.4, 0.5) is 0 Å². The number of hydrogen-bond acceptors (Lipinski definition) is 4. The van der Waals surface area contributed by atoms with Gasteiger partial charge in [0.1, 0.15) is 9.84 Å².